The Hall–Kier alpha value is 1.16. The summed E-state index contributed by atoms with van der Waals surface area (Å²) < 4.78 is 0. The zero-order valence-corrected chi connectivity index (χ0v) is 33.5. The van der Waals surface area contributed by atoms with Gasteiger partial charge in [-0.05, 0) is 77.8 Å². The fourth-order valence-corrected chi connectivity index (χ4v) is 11.4. The molecule has 0 amide bonds. The summed E-state index contributed by atoms with van der Waals surface area (Å²) in [5.74, 6) is 0. The Morgan fingerprint density at radius 2 is 0.487 bits per heavy atom. The van der Waals surface area contributed by atoms with Crippen molar-refractivity contribution in [2.75, 3.05) is 0 Å². The van der Waals surface area contributed by atoms with Crippen molar-refractivity contribution in [1.29, 1.82) is 0 Å². The zero-order valence-electron chi connectivity index (χ0n) is 29.0. The third-order valence-corrected chi connectivity index (χ3v) is 13.7. The summed E-state index contributed by atoms with van der Waals surface area (Å²) in [7, 11) is -3.62. The molecule has 240 valence electrons. The Kier molecular flexibility index (Phi) is 39.1. The van der Waals surface area contributed by atoms with Gasteiger partial charge in [0.2, 0.25) is 0 Å². The third kappa shape index (κ3) is 55.7. The van der Waals surface area contributed by atoms with Crippen LogP contribution in [0.2, 0.25) is 36.3 Å². The minimum Gasteiger partial charge on any atom is -0.432 e. The van der Waals surface area contributed by atoms with Crippen molar-refractivity contribution in [2.45, 2.75) is 208 Å². The SMILES string of the molecule is CC(C)(C)O.CC(C)(C)O.CCCC[Si](O)(CCCC)CCCC.CCCC[Si](O)(CCCC)CCCC.[Zr]. The van der Waals surface area contributed by atoms with Crippen LogP contribution in [0, 0.1) is 0 Å². The summed E-state index contributed by atoms with van der Waals surface area (Å²) in [5, 5.41) is 17.0. The van der Waals surface area contributed by atoms with Gasteiger partial charge >= 0.3 is 0 Å². The minimum atomic E-state index is -1.81. The summed E-state index contributed by atoms with van der Waals surface area (Å²) in [6.45, 7) is 23.8. The molecular weight excluding hydrogens is 596 g/mol. The molecule has 4 N–H and O–H groups in total. The van der Waals surface area contributed by atoms with E-state index in [0.717, 1.165) is 36.3 Å². The van der Waals surface area contributed by atoms with E-state index in [1.54, 1.807) is 41.5 Å². The fraction of sp³-hybridized carbons (Fsp3) is 1.00. The Labute approximate surface area is 269 Å². The molecule has 0 spiro atoms. The molecule has 0 saturated carbocycles. The summed E-state index contributed by atoms with van der Waals surface area (Å²) in [5.41, 5.74) is -1.00. The van der Waals surface area contributed by atoms with E-state index in [0.29, 0.717) is 0 Å². The van der Waals surface area contributed by atoms with Crippen LogP contribution in [0.3, 0.4) is 0 Å². The predicted octanol–water partition coefficient (Wildman–Crippen LogP) is 10.2. The Morgan fingerprint density at radius 3 is 0.564 bits per heavy atom. The summed E-state index contributed by atoms with van der Waals surface area (Å²) >= 11 is 0. The monoisotopic (exact) mass is 670 g/mol. The van der Waals surface area contributed by atoms with Gasteiger partial charge in [-0.15, -0.1) is 0 Å². The van der Waals surface area contributed by atoms with Crippen LogP contribution in [-0.2, 0) is 26.2 Å². The van der Waals surface area contributed by atoms with Crippen LogP contribution in [0.1, 0.15) is 160 Å². The van der Waals surface area contributed by atoms with Gasteiger partial charge in [-0.3, -0.25) is 0 Å². The largest absolute Gasteiger partial charge is 0.432 e. The third-order valence-electron chi connectivity index (χ3n) is 5.97. The fourth-order valence-electron chi connectivity index (χ4n) is 3.79. The average Bonchev–Trinajstić information content (AvgIpc) is 2.80. The van der Waals surface area contributed by atoms with E-state index in [-0.39, 0.29) is 26.2 Å². The van der Waals surface area contributed by atoms with Gasteiger partial charge in [-0.1, -0.05) is 119 Å². The number of hydrogen-bond acceptors (Lipinski definition) is 4. The number of rotatable bonds is 18. The maximum absolute atomic E-state index is 10.5. The normalized spacial score (nSPS) is 11.7. The molecular formula is C32H76O4Si2Zr. The van der Waals surface area contributed by atoms with Gasteiger partial charge in [-0.25, -0.2) is 0 Å². The topological polar surface area (TPSA) is 80.9 Å². The van der Waals surface area contributed by atoms with Crippen LogP contribution in [0.15, 0.2) is 0 Å². The first-order valence-electron chi connectivity index (χ1n) is 16.3. The second-order valence-electron chi connectivity index (χ2n) is 13.4. The molecule has 0 aliphatic carbocycles. The standard InChI is InChI=1S/2C12H28OSi.2C4H10O.Zr/c2*1-4-7-10-14(13,11-8-5-2)12-9-6-3;2*1-4(2,3)5;/h2*13H,4-12H2,1-3H3;2*5H,1-3H3;. The van der Waals surface area contributed by atoms with Gasteiger partial charge in [0.05, 0.1) is 11.2 Å². The smallest absolute Gasteiger partial charge is 0.188 e. The van der Waals surface area contributed by atoms with Crippen molar-refractivity contribution in [2.24, 2.45) is 0 Å². The van der Waals surface area contributed by atoms with Crippen molar-refractivity contribution >= 4 is 16.6 Å². The molecule has 0 heterocycles. The van der Waals surface area contributed by atoms with E-state index in [1.807, 2.05) is 0 Å². The van der Waals surface area contributed by atoms with Gasteiger partial charge in [0, 0.05) is 26.2 Å². The maximum atomic E-state index is 10.5. The molecule has 0 bridgehead atoms. The van der Waals surface area contributed by atoms with Crippen LogP contribution >= 0.6 is 0 Å². The maximum Gasteiger partial charge on any atom is 0.188 e. The second-order valence-corrected chi connectivity index (χ2v) is 21.3. The van der Waals surface area contributed by atoms with Crippen molar-refractivity contribution in [3.05, 3.63) is 0 Å². The summed E-state index contributed by atoms with van der Waals surface area (Å²) in [6.07, 6.45) is 14.8. The Balaban J connectivity index is -0.000000145. The van der Waals surface area contributed by atoms with E-state index < -0.39 is 27.8 Å². The van der Waals surface area contributed by atoms with Gasteiger partial charge in [-0.2, -0.15) is 0 Å². The molecule has 0 unspecified atom stereocenters. The van der Waals surface area contributed by atoms with Gasteiger partial charge in [0.25, 0.3) is 0 Å². The number of unbranched alkanes of at least 4 members (excludes halogenated alkanes) is 6. The van der Waals surface area contributed by atoms with E-state index >= 15 is 0 Å². The van der Waals surface area contributed by atoms with E-state index in [9.17, 15) is 9.59 Å². The molecule has 0 radical (unpaired) electrons. The summed E-state index contributed by atoms with van der Waals surface area (Å²) in [6, 6.07) is 6.85. The van der Waals surface area contributed by atoms with Crippen LogP contribution in [0.4, 0.5) is 0 Å². The molecule has 39 heavy (non-hydrogen) atoms. The molecule has 0 aromatic rings. The first kappa shape index (κ1) is 49.8. The molecule has 0 rings (SSSR count). The molecule has 0 aliphatic rings. The average molecular weight is 672 g/mol. The number of aliphatic hydroxyl groups is 2. The first-order chi connectivity index (χ1) is 17.4. The quantitative estimate of drug-likeness (QED) is 0.109. The van der Waals surface area contributed by atoms with Crippen LogP contribution < -0.4 is 0 Å². The van der Waals surface area contributed by atoms with Gasteiger partial charge < -0.3 is 19.8 Å². The van der Waals surface area contributed by atoms with Gasteiger partial charge in [0.1, 0.15) is 0 Å². The Morgan fingerprint density at radius 1 is 0.385 bits per heavy atom. The van der Waals surface area contributed by atoms with E-state index in [2.05, 4.69) is 41.5 Å². The molecule has 0 aliphatic heterocycles. The first-order valence-corrected chi connectivity index (χ1v) is 21.4. The molecule has 0 saturated heterocycles. The molecule has 0 aromatic carbocycles. The van der Waals surface area contributed by atoms with Crippen molar-refractivity contribution < 1.29 is 46.0 Å². The van der Waals surface area contributed by atoms with Crippen molar-refractivity contribution in [3.63, 3.8) is 0 Å². The Bertz CT molecular complexity index is 369. The summed E-state index contributed by atoms with van der Waals surface area (Å²) in [4.78, 5) is 21.1. The molecule has 7 heteroatoms. The minimum absolute atomic E-state index is 0. The number of hydrogen-bond donors (Lipinski definition) is 4. The van der Waals surface area contributed by atoms with Crippen LogP contribution in [0.5, 0.6) is 0 Å². The van der Waals surface area contributed by atoms with E-state index in [4.69, 9.17) is 10.2 Å². The molecule has 0 aromatic heterocycles. The van der Waals surface area contributed by atoms with Gasteiger partial charge in [0.15, 0.2) is 16.6 Å². The zero-order chi connectivity index (χ0) is 30.7. The van der Waals surface area contributed by atoms with E-state index in [1.165, 1.54) is 77.0 Å². The van der Waals surface area contributed by atoms with Crippen LogP contribution in [-0.4, -0.2) is 47.6 Å². The van der Waals surface area contributed by atoms with Crippen LogP contribution in [0.25, 0.3) is 0 Å². The van der Waals surface area contributed by atoms with Crippen molar-refractivity contribution in [3.8, 4) is 0 Å². The predicted molar refractivity (Wildman–Crippen MR) is 178 cm³/mol. The molecule has 4 nitrogen and oxygen atoms in total. The molecule has 0 atom stereocenters. The second kappa shape index (κ2) is 30.6. The van der Waals surface area contributed by atoms with Crippen molar-refractivity contribution in [1.82, 2.24) is 0 Å². The molecule has 0 fully saturated rings.